The molecule has 4 aromatic rings. The SMILES string of the molecule is CCCCCCCCCCCCCCOc1ccc(/C=C/C(=O)N2CCCN(C(=O)/C=C/c3ccc(OCCCCCCCCCCCCCC)cc3)CCN(C(=O)/C=C/c3ccc(OCCCCCCCCCCCCCC)cc3)CCCN(C(=O)/C=C/c3ccc(OCCCCCCCCCCCCCC)cc3)CC2)cc1. The third-order valence-corrected chi connectivity index (χ3v) is 22.5. The second-order valence-electron chi connectivity index (χ2n) is 32.6. The van der Waals surface area contributed by atoms with Crippen LogP contribution in [0.1, 0.15) is 371 Å². The summed E-state index contributed by atoms with van der Waals surface area (Å²) in [6.07, 6.45) is 77.1. The van der Waals surface area contributed by atoms with Gasteiger partial charge >= 0.3 is 0 Å². The fraction of sp³-hybridized carbons (Fsp3) is 0.647. The summed E-state index contributed by atoms with van der Waals surface area (Å²) in [7, 11) is 0. The number of ether oxygens (including phenoxy) is 4. The van der Waals surface area contributed by atoms with Gasteiger partial charge in [-0.25, -0.2) is 0 Å². The highest BCUT2D eigenvalue weighted by molar-refractivity contribution is 5.94. The van der Waals surface area contributed by atoms with Crippen LogP contribution in [0.3, 0.4) is 0 Å². The van der Waals surface area contributed by atoms with Crippen LogP contribution in [0, 0.1) is 0 Å². The summed E-state index contributed by atoms with van der Waals surface area (Å²) in [6.45, 7) is 14.2. The van der Waals surface area contributed by atoms with Gasteiger partial charge in [-0.15, -0.1) is 0 Å². The van der Waals surface area contributed by atoms with Crippen LogP contribution in [0.25, 0.3) is 24.3 Å². The van der Waals surface area contributed by atoms with Gasteiger partial charge in [0.25, 0.3) is 0 Å². The highest BCUT2D eigenvalue weighted by atomic mass is 16.5. The molecule has 636 valence electrons. The van der Waals surface area contributed by atoms with Crippen LogP contribution in [0.5, 0.6) is 23.0 Å². The Balaban J connectivity index is 1.26. The zero-order chi connectivity index (χ0) is 80.9. The number of hydrogen-bond donors (Lipinski definition) is 0. The monoisotopic (exact) mass is 1570 g/mol. The summed E-state index contributed by atoms with van der Waals surface area (Å²) in [5, 5.41) is 0. The molecule has 0 atom stereocenters. The molecule has 1 fully saturated rings. The first-order chi connectivity index (χ1) is 56.2. The summed E-state index contributed by atoms with van der Waals surface area (Å²) < 4.78 is 24.6. The van der Waals surface area contributed by atoms with Gasteiger partial charge in [-0.1, -0.05) is 359 Å². The first kappa shape index (κ1) is 97.5. The summed E-state index contributed by atoms with van der Waals surface area (Å²) in [5.74, 6) is 2.53. The van der Waals surface area contributed by atoms with Crippen molar-refractivity contribution in [3.8, 4) is 23.0 Å². The van der Waals surface area contributed by atoms with Crippen molar-refractivity contribution in [3.63, 3.8) is 0 Å². The van der Waals surface area contributed by atoms with Crippen LogP contribution in [-0.2, 0) is 19.2 Å². The minimum atomic E-state index is -0.182. The molecule has 0 aliphatic carbocycles. The maximum absolute atomic E-state index is 14.6. The fourth-order valence-electron chi connectivity index (χ4n) is 15.0. The lowest BCUT2D eigenvalue weighted by atomic mass is 10.1. The van der Waals surface area contributed by atoms with Crippen LogP contribution in [-0.4, -0.2) is 122 Å². The van der Waals surface area contributed by atoms with Crippen LogP contribution in [0.4, 0.5) is 0 Å². The predicted molar refractivity (Wildman–Crippen MR) is 484 cm³/mol. The Labute approximate surface area is 695 Å². The molecule has 4 aromatic carbocycles. The van der Waals surface area contributed by atoms with Crippen molar-refractivity contribution in [2.24, 2.45) is 0 Å². The maximum atomic E-state index is 14.6. The van der Waals surface area contributed by atoms with Gasteiger partial charge in [0.1, 0.15) is 23.0 Å². The number of carbonyl (C=O) groups is 4. The Hall–Kier alpha value is -7.08. The second-order valence-corrected chi connectivity index (χ2v) is 32.6. The van der Waals surface area contributed by atoms with E-state index in [0.29, 0.717) is 65.4 Å². The molecule has 1 heterocycles. The van der Waals surface area contributed by atoms with Crippen molar-refractivity contribution in [2.45, 2.75) is 349 Å². The van der Waals surface area contributed by atoms with Crippen LogP contribution >= 0.6 is 0 Å². The lowest BCUT2D eigenvalue weighted by Gasteiger charge is -2.31. The van der Waals surface area contributed by atoms with Gasteiger partial charge in [-0.05, 0) is 134 Å². The Kier molecular flexibility index (Phi) is 58.2. The molecule has 114 heavy (non-hydrogen) atoms. The standard InChI is InChI=1S/C102H160N4O8/c1-5-9-13-17-21-25-29-33-37-41-45-49-87-111-95-67-55-91(56-68-95)63-75-99(107)103-79-53-80-105(101(109)77-65-93-59-71-97(72-60-93)113-89-51-47-43-39-35-31-27-23-19-15-11-7-3)85-86-106(102(110)78-66-94-61-73-98(74-62-94)114-90-52-48-44-40-36-32-28-24-20-16-12-8-4)82-54-81-104(84-83-103)100(108)76-64-92-57-69-96(70-58-92)112-88-50-46-42-38-34-30-26-22-18-14-10-6-2/h55-78H,5-54,79-90H2,1-4H3/b75-63+,76-64+,77-65+,78-66+. The zero-order valence-corrected chi connectivity index (χ0v) is 72.8. The van der Waals surface area contributed by atoms with E-state index in [1.165, 1.54) is 283 Å². The molecule has 0 aromatic heterocycles. The van der Waals surface area contributed by atoms with Gasteiger partial charge in [0.15, 0.2) is 0 Å². The number of carbonyl (C=O) groups excluding carboxylic acids is 4. The van der Waals surface area contributed by atoms with Gasteiger partial charge in [-0.3, -0.25) is 19.2 Å². The molecule has 12 nitrogen and oxygen atoms in total. The van der Waals surface area contributed by atoms with Gasteiger partial charge in [0.05, 0.1) is 26.4 Å². The first-order valence-corrected chi connectivity index (χ1v) is 47.0. The predicted octanol–water partition coefficient (Wildman–Crippen LogP) is 27.3. The van der Waals surface area contributed by atoms with E-state index in [1.807, 2.05) is 121 Å². The maximum Gasteiger partial charge on any atom is 0.246 e. The van der Waals surface area contributed by atoms with E-state index in [0.717, 1.165) is 70.9 Å². The second kappa shape index (κ2) is 68.0. The normalized spacial score (nSPS) is 13.4. The largest absolute Gasteiger partial charge is 0.494 e. The molecule has 0 saturated carbocycles. The zero-order valence-electron chi connectivity index (χ0n) is 72.8. The third-order valence-electron chi connectivity index (χ3n) is 22.5. The molecule has 12 heteroatoms. The Morgan fingerprint density at radius 1 is 0.219 bits per heavy atom. The molecule has 1 aliphatic heterocycles. The molecule has 1 saturated heterocycles. The quantitative estimate of drug-likeness (QED) is 0.0317. The van der Waals surface area contributed by atoms with Crippen molar-refractivity contribution < 1.29 is 38.1 Å². The van der Waals surface area contributed by atoms with E-state index >= 15 is 0 Å². The molecule has 0 spiro atoms. The minimum Gasteiger partial charge on any atom is -0.494 e. The van der Waals surface area contributed by atoms with Crippen molar-refractivity contribution >= 4 is 47.9 Å². The number of amides is 4. The molecule has 0 unspecified atom stereocenters. The number of nitrogens with zero attached hydrogens (tertiary/aromatic N) is 4. The van der Waals surface area contributed by atoms with E-state index < -0.39 is 0 Å². The average Bonchev–Trinajstić information content (AvgIpc) is 0.877. The van der Waals surface area contributed by atoms with E-state index in [-0.39, 0.29) is 49.8 Å². The summed E-state index contributed by atoms with van der Waals surface area (Å²) in [6, 6.07) is 31.6. The van der Waals surface area contributed by atoms with Crippen molar-refractivity contribution in [2.75, 3.05) is 78.8 Å². The smallest absolute Gasteiger partial charge is 0.246 e. The van der Waals surface area contributed by atoms with Crippen molar-refractivity contribution in [3.05, 3.63) is 144 Å². The Morgan fingerprint density at radius 3 is 0.526 bits per heavy atom. The Bertz CT molecular complexity index is 2710. The van der Waals surface area contributed by atoms with Crippen LogP contribution in [0.2, 0.25) is 0 Å². The summed E-state index contributed by atoms with van der Waals surface area (Å²) in [5.41, 5.74) is 3.51. The van der Waals surface area contributed by atoms with E-state index in [1.54, 1.807) is 43.9 Å². The number of unbranched alkanes of at least 4 members (excludes halogenated alkanes) is 44. The Morgan fingerprint density at radius 2 is 0.368 bits per heavy atom. The van der Waals surface area contributed by atoms with Crippen LogP contribution < -0.4 is 18.9 Å². The number of rotatable bonds is 64. The first-order valence-electron chi connectivity index (χ1n) is 47.0. The molecular weight excluding hydrogens is 1410 g/mol. The van der Waals surface area contributed by atoms with E-state index in [9.17, 15) is 19.2 Å². The van der Waals surface area contributed by atoms with Crippen LogP contribution in [0.15, 0.2) is 121 Å². The average molecular weight is 1570 g/mol. The summed E-state index contributed by atoms with van der Waals surface area (Å²) >= 11 is 0. The number of benzene rings is 4. The van der Waals surface area contributed by atoms with Crippen molar-refractivity contribution in [1.29, 1.82) is 0 Å². The van der Waals surface area contributed by atoms with E-state index in [4.69, 9.17) is 18.9 Å². The number of hydrogen-bond acceptors (Lipinski definition) is 8. The highest BCUT2D eigenvalue weighted by Crippen LogP contribution is 2.23. The summed E-state index contributed by atoms with van der Waals surface area (Å²) in [4.78, 5) is 65.4. The minimum absolute atomic E-state index is 0.182. The van der Waals surface area contributed by atoms with Gasteiger partial charge < -0.3 is 38.5 Å². The lowest BCUT2D eigenvalue weighted by molar-refractivity contribution is -0.131. The molecule has 0 bridgehead atoms. The molecule has 4 amide bonds. The van der Waals surface area contributed by atoms with Gasteiger partial charge in [-0.2, -0.15) is 0 Å². The molecular formula is C102H160N4O8. The van der Waals surface area contributed by atoms with Gasteiger partial charge in [0.2, 0.25) is 23.6 Å². The van der Waals surface area contributed by atoms with Gasteiger partial charge in [0, 0.05) is 76.7 Å². The molecule has 1 aliphatic rings. The molecule has 0 N–H and O–H groups in total. The van der Waals surface area contributed by atoms with E-state index in [2.05, 4.69) is 27.7 Å². The topological polar surface area (TPSA) is 118 Å². The highest BCUT2D eigenvalue weighted by Gasteiger charge is 2.22. The fourth-order valence-corrected chi connectivity index (χ4v) is 15.0. The molecule has 5 rings (SSSR count). The van der Waals surface area contributed by atoms with Crippen molar-refractivity contribution in [1.82, 2.24) is 19.6 Å². The lowest BCUT2D eigenvalue weighted by Crippen LogP contribution is -2.45. The third kappa shape index (κ3) is 49.7. The molecule has 0 radical (unpaired) electrons.